The van der Waals surface area contributed by atoms with Gasteiger partial charge in [0.25, 0.3) is 0 Å². The van der Waals surface area contributed by atoms with Crippen LogP contribution in [0.5, 0.6) is 0 Å². The van der Waals surface area contributed by atoms with Crippen LogP contribution in [0.15, 0.2) is 49.1 Å². The molecule has 106 valence electrons. The van der Waals surface area contributed by atoms with E-state index in [9.17, 15) is 9.18 Å². The van der Waals surface area contributed by atoms with Crippen LogP contribution < -0.4 is 0 Å². The molecule has 0 spiro atoms. The zero-order valence-electron chi connectivity index (χ0n) is 10.8. The van der Waals surface area contributed by atoms with Crippen LogP contribution in [0.3, 0.4) is 0 Å². The Kier molecular flexibility index (Phi) is 5.25. The third-order valence-corrected chi connectivity index (χ3v) is 2.60. The maximum absolute atomic E-state index is 12.8. The standard InChI is InChI=1S/C14H15FN2O3/c15-8-13(20-11-17-7-6-16-10-17)9-19-14(18)12-4-2-1-3-5-12/h1-7,10,13H,8-9,11H2. The highest BCUT2D eigenvalue weighted by Gasteiger charge is 2.13. The van der Waals surface area contributed by atoms with E-state index < -0.39 is 18.7 Å². The topological polar surface area (TPSA) is 53.4 Å². The highest BCUT2D eigenvalue weighted by molar-refractivity contribution is 5.89. The molecule has 1 aromatic heterocycles. The minimum absolute atomic E-state index is 0.126. The van der Waals surface area contributed by atoms with Crippen LogP contribution in [0.2, 0.25) is 0 Å². The molecule has 2 aromatic rings. The van der Waals surface area contributed by atoms with Gasteiger partial charge in [-0.15, -0.1) is 0 Å². The summed E-state index contributed by atoms with van der Waals surface area (Å²) in [5.41, 5.74) is 0.430. The van der Waals surface area contributed by atoms with Crippen LogP contribution in [-0.2, 0) is 16.2 Å². The molecule has 0 aliphatic heterocycles. The average molecular weight is 278 g/mol. The molecule has 0 aliphatic carbocycles. The molecule has 1 atom stereocenters. The second-order valence-corrected chi connectivity index (χ2v) is 4.11. The van der Waals surface area contributed by atoms with Gasteiger partial charge < -0.3 is 14.0 Å². The van der Waals surface area contributed by atoms with Crippen molar-refractivity contribution in [3.05, 3.63) is 54.6 Å². The molecule has 1 unspecified atom stereocenters. The number of alkyl halides is 1. The summed E-state index contributed by atoms with van der Waals surface area (Å²) in [5.74, 6) is -0.490. The first kappa shape index (κ1) is 14.2. The van der Waals surface area contributed by atoms with Crippen molar-refractivity contribution in [3.8, 4) is 0 Å². The van der Waals surface area contributed by atoms with E-state index in [4.69, 9.17) is 9.47 Å². The van der Waals surface area contributed by atoms with Crippen LogP contribution >= 0.6 is 0 Å². The lowest BCUT2D eigenvalue weighted by atomic mass is 10.2. The van der Waals surface area contributed by atoms with E-state index in [0.29, 0.717) is 5.56 Å². The number of nitrogens with zero attached hydrogens (tertiary/aromatic N) is 2. The molecule has 0 amide bonds. The smallest absolute Gasteiger partial charge is 0.338 e. The van der Waals surface area contributed by atoms with Gasteiger partial charge in [-0.25, -0.2) is 14.2 Å². The van der Waals surface area contributed by atoms with Crippen molar-refractivity contribution in [1.29, 1.82) is 0 Å². The molecule has 0 saturated heterocycles. The quantitative estimate of drug-likeness (QED) is 0.727. The number of hydrogen-bond donors (Lipinski definition) is 0. The normalized spacial score (nSPS) is 12.1. The summed E-state index contributed by atoms with van der Waals surface area (Å²) in [5, 5.41) is 0. The summed E-state index contributed by atoms with van der Waals surface area (Å²) in [6.07, 6.45) is 4.07. The van der Waals surface area contributed by atoms with E-state index in [1.54, 1.807) is 53.6 Å². The monoisotopic (exact) mass is 278 g/mol. The van der Waals surface area contributed by atoms with Gasteiger partial charge in [-0.2, -0.15) is 0 Å². The van der Waals surface area contributed by atoms with Crippen molar-refractivity contribution in [3.63, 3.8) is 0 Å². The van der Waals surface area contributed by atoms with Crippen LogP contribution in [0.4, 0.5) is 4.39 Å². The van der Waals surface area contributed by atoms with Crippen LogP contribution in [-0.4, -0.2) is 34.9 Å². The van der Waals surface area contributed by atoms with E-state index in [1.165, 1.54) is 0 Å². The minimum atomic E-state index is -0.787. The fraction of sp³-hybridized carbons (Fsp3) is 0.286. The Morgan fingerprint density at radius 2 is 2.15 bits per heavy atom. The molecule has 0 radical (unpaired) electrons. The highest BCUT2D eigenvalue weighted by Crippen LogP contribution is 2.04. The van der Waals surface area contributed by atoms with E-state index in [1.807, 2.05) is 0 Å². The molecule has 2 rings (SSSR count). The van der Waals surface area contributed by atoms with Crippen LogP contribution in [0.1, 0.15) is 10.4 Å². The van der Waals surface area contributed by atoms with Gasteiger partial charge in [0.05, 0.1) is 11.9 Å². The number of carbonyl (C=O) groups is 1. The second-order valence-electron chi connectivity index (χ2n) is 4.11. The zero-order valence-corrected chi connectivity index (χ0v) is 10.8. The Bertz CT molecular complexity index is 516. The molecule has 0 saturated carbocycles. The van der Waals surface area contributed by atoms with Gasteiger partial charge in [0.1, 0.15) is 26.1 Å². The summed E-state index contributed by atoms with van der Waals surface area (Å²) in [6.45, 7) is -0.687. The first-order valence-electron chi connectivity index (χ1n) is 6.15. The molecular weight excluding hydrogens is 263 g/mol. The summed E-state index contributed by atoms with van der Waals surface area (Å²) in [4.78, 5) is 15.5. The lowest BCUT2D eigenvalue weighted by Crippen LogP contribution is -2.25. The fourth-order valence-electron chi connectivity index (χ4n) is 1.52. The third-order valence-electron chi connectivity index (χ3n) is 2.60. The SMILES string of the molecule is O=C(OCC(CF)OCn1ccnc1)c1ccccc1. The predicted molar refractivity (Wildman–Crippen MR) is 69.8 cm³/mol. The minimum Gasteiger partial charge on any atom is -0.459 e. The molecule has 5 nitrogen and oxygen atoms in total. The van der Waals surface area contributed by atoms with Crippen molar-refractivity contribution >= 4 is 5.97 Å². The number of halogens is 1. The summed E-state index contributed by atoms with van der Waals surface area (Å²) in [7, 11) is 0. The molecule has 0 fully saturated rings. The highest BCUT2D eigenvalue weighted by atomic mass is 19.1. The second kappa shape index (κ2) is 7.40. The van der Waals surface area contributed by atoms with E-state index in [2.05, 4.69) is 4.98 Å². The van der Waals surface area contributed by atoms with Gasteiger partial charge in [0, 0.05) is 12.4 Å². The van der Waals surface area contributed by atoms with Crippen LogP contribution in [0.25, 0.3) is 0 Å². The van der Waals surface area contributed by atoms with Crippen molar-refractivity contribution in [2.75, 3.05) is 13.3 Å². The predicted octanol–water partition coefficient (Wildman–Crippen LogP) is 2.05. The number of rotatable bonds is 7. The fourth-order valence-corrected chi connectivity index (χ4v) is 1.52. The van der Waals surface area contributed by atoms with Crippen molar-refractivity contribution < 1.29 is 18.7 Å². The zero-order chi connectivity index (χ0) is 14.2. The number of esters is 1. The summed E-state index contributed by atoms with van der Waals surface area (Å²) in [6, 6.07) is 8.55. The molecule has 1 heterocycles. The molecular formula is C14H15FN2O3. The largest absolute Gasteiger partial charge is 0.459 e. The lowest BCUT2D eigenvalue weighted by molar-refractivity contribution is -0.0438. The average Bonchev–Trinajstić information content (AvgIpc) is 3.01. The number of benzene rings is 1. The first-order valence-corrected chi connectivity index (χ1v) is 6.15. The number of carbonyl (C=O) groups excluding carboxylic acids is 1. The van der Waals surface area contributed by atoms with Gasteiger partial charge in [-0.05, 0) is 12.1 Å². The van der Waals surface area contributed by atoms with Gasteiger partial charge in [0.15, 0.2) is 0 Å². The van der Waals surface area contributed by atoms with Crippen molar-refractivity contribution in [2.24, 2.45) is 0 Å². The Morgan fingerprint density at radius 3 is 2.80 bits per heavy atom. The summed E-state index contributed by atoms with van der Waals surface area (Å²) >= 11 is 0. The number of imidazole rings is 1. The Hall–Kier alpha value is -2.21. The molecule has 6 heteroatoms. The van der Waals surface area contributed by atoms with Gasteiger partial charge >= 0.3 is 5.97 Å². The van der Waals surface area contributed by atoms with Gasteiger partial charge in [0.2, 0.25) is 0 Å². The molecule has 0 bridgehead atoms. The maximum Gasteiger partial charge on any atom is 0.338 e. The van der Waals surface area contributed by atoms with Crippen molar-refractivity contribution in [1.82, 2.24) is 9.55 Å². The molecule has 20 heavy (non-hydrogen) atoms. The Balaban J connectivity index is 1.77. The number of hydrogen-bond acceptors (Lipinski definition) is 4. The molecule has 0 aliphatic rings. The lowest BCUT2D eigenvalue weighted by Gasteiger charge is -2.15. The first-order chi connectivity index (χ1) is 9.79. The number of ether oxygens (including phenoxy) is 2. The van der Waals surface area contributed by atoms with E-state index >= 15 is 0 Å². The maximum atomic E-state index is 12.8. The Labute approximate surface area is 116 Å². The Morgan fingerprint density at radius 1 is 1.35 bits per heavy atom. The van der Waals surface area contributed by atoms with E-state index in [-0.39, 0.29) is 13.3 Å². The molecule has 1 aromatic carbocycles. The van der Waals surface area contributed by atoms with Gasteiger partial charge in [-0.1, -0.05) is 18.2 Å². The summed E-state index contributed by atoms with van der Waals surface area (Å²) < 4.78 is 24.8. The van der Waals surface area contributed by atoms with E-state index in [0.717, 1.165) is 0 Å². The van der Waals surface area contributed by atoms with Gasteiger partial charge in [-0.3, -0.25) is 0 Å². The number of aromatic nitrogens is 2. The third kappa shape index (κ3) is 4.17. The molecule has 0 N–H and O–H groups in total. The van der Waals surface area contributed by atoms with Crippen LogP contribution in [0, 0.1) is 0 Å². The van der Waals surface area contributed by atoms with Crippen molar-refractivity contribution in [2.45, 2.75) is 12.8 Å².